The van der Waals surface area contributed by atoms with Gasteiger partial charge in [0.1, 0.15) is 6.04 Å². The number of rotatable bonds is 5. The van der Waals surface area contributed by atoms with E-state index in [1.807, 2.05) is 19.9 Å². The molecule has 1 unspecified atom stereocenters. The largest absolute Gasteiger partial charge is 0.481 e. The SMILES string of the molecule is COc1ncccc1CN1C(=O)CNC(=O)C1CC(C)C. The number of carbonyl (C=O) groups excluding carboxylic acids is 2. The molecule has 21 heavy (non-hydrogen) atoms. The van der Waals surface area contributed by atoms with Gasteiger partial charge in [-0.05, 0) is 18.4 Å². The van der Waals surface area contributed by atoms with Crippen molar-refractivity contribution in [2.45, 2.75) is 32.9 Å². The lowest BCUT2D eigenvalue weighted by Crippen LogP contribution is -2.58. The van der Waals surface area contributed by atoms with E-state index in [1.54, 1.807) is 24.3 Å². The molecule has 1 aliphatic heterocycles. The molecule has 6 heteroatoms. The van der Waals surface area contributed by atoms with Crippen molar-refractivity contribution in [1.29, 1.82) is 0 Å². The molecular formula is C15H21N3O3. The molecule has 1 aromatic rings. The number of aromatic nitrogens is 1. The van der Waals surface area contributed by atoms with Gasteiger partial charge in [-0.2, -0.15) is 0 Å². The van der Waals surface area contributed by atoms with Gasteiger partial charge in [0.15, 0.2) is 0 Å². The number of carbonyl (C=O) groups is 2. The molecule has 0 saturated carbocycles. The fourth-order valence-corrected chi connectivity index (χ4v) is 2.49. The summed E-state index contributed by atoms with van der Waals surface area (Å²) in [5.74, 6) is 0.641. The summed E-state index contributed by atoms with van der Waals surface area (Å²) in [7, 11) is 1.54. The van der Waals surface area contributed by atoms with Gasteiger partial charge in [-0.25, -0.2) is 4.98 Å². The average Bonchev–Trinajstić information content (AvgIpc) is 2.46. The number of piperazine rings is 1. The number of pyridine rings is 1. The molecule has 2 rings (SSSR count). The summed E-state index contributed by atoms with van der Waals surface area (Å²) in [5, 5.41) is 2.65. The van der Waals surface area contributed by atoms with Gasteiger partial charge in [0.2, 0.25) is 17.7 Å². The highest BCUT2D eigenvalue weighted by molar-refractivity contribution is 5.94. The Morgan fingerprint density at radius 2 is 2.24 bits per heavy atom. The monoisotopic (exact) mass is 291 g/mol. The zero-order valence-corrected chi connectivity index (χ0v) is 12.6. The van der Waals surface area contributed by atoms with Crippen LogP contribution in [0.15, 0.2) is 18.3 Å². The molecule has 1 fully saturated rings. The fourth-order valence-electron chi connectivity index (χ4n) is 2.49. The number of nitrogens with one attached hydrogen (secondary N) is 1. The first-order valence-electron chi connectivity index (χ1n) is 7.08. The Labute approximate surface area is 124 Å². The number of amides is 2. The Kier molecular flexibility index (Phi) is 4.77. The summed E-state index contributed by atoms with van der Waals surface area (Å²) < 4.78 is 5.22. The quantitative estimate of drug-likeness (QED) is 0.877. The van der Waals surface area contributed by atoms with E-state index < -0.39 is 6.04 Å². The fraction of sp³-hybridized carbons (Fsp3) is 0.533. The first kappa shape index (κ1) is 15.3. The topological polar surface area (TPSA) is 71.5 Å². The molecule has 0 aliphatic carbocycles. The van der Waals surface area contributed by atoms with Crippen molar-refractivity contribution >= 4 is 11.8 Å². The minimum atomic E-state index is -0.434. The molecule has 6 nitrogen and oxygen atoms in total. The number of hydrogen-bond acceptors (Lipinski definition) is 4. The standard InChI is InChI=1S/C15H21N3O3/c1-10(2)7-12-14(20)17-8-13(19)18(12)9-11-5-4-6-16-15(11)21-3/h4-6,10,12H,7-9H2,1-3H3,(H,17,20). The molecule has 2 amide bonds. The molecule has 0 aromatic carbocycles. The summed E-state index contributed by atoms with van der Waals surface area (Å²) in [6, 6.07) is 3.22. The minimum absolute atomic E-state index is 0.0516. The molecule has 114 valence electrons. The van der Waals surface area contributed by atoms with Gasteiger partial charge in [0.25, 0.3) is 0 Å². The molecule has 1 N–H and O–H groups in total. The second-order valence-corrected chi connectivity index (χ2v) is 5.56. The van der Waals surface area contributed by atoms with Gasteiger partial charge in [0, 0.05) is 11.8 Å². The summed E-state index contributed by atoms with van der Waals surface area (Å²) in [6.45, 7) is 4.46. The maximum Gasteiger partial charge on any atom is 0.243 e. The highest BCUT2D eigenvalue weighted by Gasteiger charge is 2.35. The van der Waals surface area contributed by atoms with Crippen LogP contribution in [0.5, 0.6) is 5.88 Å². The molecule has 1 saturated heterocycles. The van der Waals surface area contributed by atoms with E-state index >= 15 is 0 Å². The van der Waals surface area contributed by atoms with Gasteiger partial charge in [-0.1, -0.05) is 19.9 Å². The van der Waals surface area contributed by atoms with Crippen molar-refractivity contribution in [3.05, 3.63) is 23.9 Å². The number of hydrogen-bond donors (Lipinski definition) is 1. The normalized spacial score (nSPS) is 18.9. The zero-order valence-electron chi connectivity index (χ0n) is 12.6. The van der Waals surface area contributed by atoms with Crippen molar-refractivity contribution in [1.82, 2.24) is 15.2 Å². The Morgan fingerprint density at radius 3 is 2.90 bits per heavy atom. The maximum atomic E-state index is 12.2. The van der Waals surface area contributed by atoms with E-state index in [4.69, 9.17) is 4.74 Å². The van der Waals surface area contributed by atoms with Crippen LogP contribution in [-0.4, -0.2) is 41.4 Å². The molecule has 0 bridgehead atoms. The van der Waals surface area contributed by atoms with Gasteiger partial charge in [-0.15, -0.1) is 0 Å². The van der Waals surface area contributed by atoms with E-state index in [-0.39, 0.29) is 18.4 Å². The number of nitrogens with zero attached hydrogens (tertiary/aromatic N) is 2. The summed E-state index contributed by atoms with van der Waals surface area (Å²) in [5.41, 5.74) is 0.803. The predicted octanol–water partition coefficient (Wildman–Crippen LogP) is 0.963. The average molecular weight is 291 g/mol. The van der Waals surface area contributed by atoms with Crippen LogP contribution in [0.1, 0.15) is 25.8 Å². The van der Waals surface area contributed by atoms with E-state index in [1.165, 1.54) is 0 Å². The van der Waals surface area contributed by atoms with Crippen molar-refractivity contribution in [3.63, 3.8) is 0 Å². The third-order valence-corrected chi connectivity index (χ3v) is 3.49. The lowest BCUT2D eigenvalue weighted by atomic mass is 9.99. The van der Waals surface area contributed by atoms with Crippen LogP contribution in [0.2, 0.25) is 0 Å². The van der Waals surface area contributed by atoms with Crippen LogP contribution in [0.25, 0.3) is 0 Å². The highest BCUT2D eigenvalue weighted by atomic mass is 16.5. The molecule has 2 heterocycles. The zero-order chi connectivity index (χ0) is 15.4. The van der Waals surface area contributed by atoms with Crippen molar-refractivity contribution < 1.29 is 14.3 Å². The van der Waals surface area contributed by atoms with Crippen LogP contribution in [-0.2, 0) is 16.1 Å². The second-order valence-electron chi connectivity index (χ2n) is 5.56. The molecular weight excluding hydrogens is 270 g/mol. The lowest BCUT2D eigenvalue weighted by molar-refractivity contribution is -0.146. The number of methoxy groups -OCH3 is 1. The van der Waals surface area contributed by atoms with Gasteiger partial charge >= 0.3 is 0 Å². The smallest absolute Gasteiger partial charge is 0.243 e. The Hall–Kier alpha value is -2.11. The first-order chi connectivity index (χ1) is 10.0. The molecule has 1 aromatic heterocycles. The van der Waals surface area contributed by atoms with Crippen molar-refractivity contribution in [2.24, 2.45) is 5.92 Å². The van der Waals surface area contributed by atoms with Crippen LogP contribution >= 0.6 is 0 Å². The molecule has 1 aliphatic rings. The third-order valence-electron chi connectivity index (χ3n) is 3.49. The van der Waals surface area contributed by atoms with Crippen LogP contribution < -0.4 is 10.1 Å². The molecule has 1 atom stereocenters. The predicted molar refractivity (Wildman–Crippen MR) is 77.6 cm³/mol. The highest BCUT2D eigenvalue weighted by Crippen LogP contribution is 2.22. The van der Waals surface area contributed by atoms with E-state index in [0.717, 1.165) is 5.56 Å². The Balaban J connectivity index is 2.24. The van der Waals surface area contributed by atoms with Crippen LogP contribution in [0.3, 0.4) is 0 Å². The van der Waals surface area contributed by atoms with E-state index in [9.17, 15) is 9.59 Å². The summed E-state index contributed by atoms with van der Waals surface area (Å²) >= 11 is 0. The Bertz CT molecular complexity index is 531. The maximum absolute atomic E-state index is 12.2. The van der Waals surface area contributed by atoms with Crippen molar-refractivity contribution in [2.75, 3.05) is 13.7 Å². The van der Waals surface area contributed by atoms with E-state index in [0.29, 0.717) is 24.8 Å². The molecule has 0 radical (unpaired) electrons. The van der Waals surface area contributed by atoms with Crippen molar-refractivity contribution in [3.8, 4) is 5.88 Å². The van der Waals surface area contributed by atoms with Gasteiger partial charge < -0.3 is 15.0 Å². The minimum Gasteiger partial charge on any atom is -0.481 e. The Morgan fingerprint density at radius 1 is 1.48 bits per heavy atom. The van der Waals surface area contributed by atoms with Crippen LogP contribution in [0, 0.1) is 5.92 Å². The lowest BCUT2D eigenvalue weighted by Gasteiger charge is -2.36. The number of ether oxygens (including phenoxy) is 1. The first-order valence-corrected chi connectivity index (χ1v) is 7.08. The van der Waals surface area contributed by atoms with Gasteiger partial charge in [0.05, 0.1) is 20.2 Å². The summed E-state index contributed by atoms with van der Waals surface area (Å²) in [4.78, 5) is 30.0. The van der Waals surface area contributed by atoms with Crippen LogP contribution in [0.4, 0.5) is 0 Å². The van der Waals surface area contributed by atoms with E-state index in [2.05, 4.69) is 10.3 Å². The summed E-state index contributed by atoms with van der Waals surface area (Å²) in [6.07, 6.45) is 2.28. The second kappa shape index (κ2) is 6.56. The van der Waals surface area contributed by atoms with Gasteiger partial charge in [-0.3, -0.25) is 9.59 Å². The molecule has 0 spiro atoms. The third kappa shape index (κ3) is 3.51.